The molecule has 156 valence electrons. The number of hydrogen-bond donors (Lipinski definition) is 0. The average Bonchev–Trinajstić information content (AvgIpc) is 3.16. The molecule has 32 heavy (non-hydrogen) atoms. The minimum absolute atomic E-state index is 0.667. The SMILES string of the molecule is CCOc1ccc(-c2c3ccccc3c3c4c(cccc24)-c2cc(OCC)ccc2-3)cc1. The first-order valence-corrected chi connectivity index (χ1v) is 11.3. The second kappa shape index (κ2) is 7.42. The summed E-state index contributed by atoms with van der Waals surface area (Å²) in [4.78, 5) is 0. The van der Waals surface area contributed by atoms with Crippen molar-refractivity contribution in [3.05, 3.63) is 84.9 Å². The van der Waals surface area contributed by atoms with Crippen LogP contribution in [-0.2, 0) is 0 Å². The zero-order chi connectivity index (χ0) is 21.7. The number of fused-ring (bicyclic) bond motifs is 5. The van der Waals surface area contributed by atoms with Gasteiger partial charge in [-0.25, -0.2) is 0 Å². The van der Waals surface area contributed by atoms with E-state index < -0.39 is 0 Å². The molecular weight excluding hydrogens is 392 g/mol. The molecular formula is C30H24O2. The van der Waals surface area contributed by atoms with Crippen LogP contribution in [0.5, 0.6) is 11.5 Å². The van der Waals surface area contributed by atoms with E-state index in [1.807, 2.05) is 13.8 Å². The number of benzene rings is 5. The molecule has 2 heteroatoms. The van der Waals surface area contributed by atoms with Crippen LogP contribution < -0.4 is 9.47 Å². The van der Waals surface area contributed by atoms with Crippen molar-refractivity contribution in [2.45, 2.75) is 13.8 Å². The van der Waals surface area contributed by atoms with E-state index in [2.05, 4.69) is 84.9 Å². The van der Waals surface area contributed by atoms with Gasteiger partial charge in [-0.2, -0.15) is 0 Å². The molecule has 0 N–H and O–H groups in total. The Kier molecular flexibility index (Phi) is 4.39. The topological polar surface area (TPSA) is 18.5 Å². The highest BCUT2D eigenvalue weighted by molar-refractivity contribution is 6.29. The molecule has 0 heterocycles. The van der Waals surface area contributed by atoms with Crippen molar-refractivity contribution < 1.29 is 9.47 Å². The van der Waals surface area contributed by atoms with Crippen molar-refractivity contribution in [3.63, 3.8) is 0 Å². The van der Waals surface area contributed by atoms with Crippen LogP contribution in [0.25, 0.3) is 54.9 Å². The van der Waals surface area contributed by atoms with Gasteiger partial charge in [0.15, 0.2) is 0 Å². The second-order valence-corrected chi connectivity index (χ2v) is 8.12. The summed E-state index contributed by atoms with van der Waals surface area (Å²) >= 11 is 0. The fraction of sp³-hybridized carbons (Fsp3) is 0.133. The molecule has 0 saturated carbocycles. The summed E-state index contributed by atoms with van der Waals surface area (Å²) in [6.07, 6.45) is 0. The van der Waals surface area contributed by atoms with Crippen LogP contribution in [0.3, 0.4) is 0 Å². The smallest absolute Gasteiger partial charge is 0.119 e. The Morgan fingerprint density at radius 2 is 1.19 bits per heavy atom. The van der Waals surface area contributed by atoms with E-state index in [9.17, 15) is 0 Å². The van der Waals surface area contributed by atoms with Gasteiger partial charge in [0.1, 0.15) is 11.5 Å². The standard InChI is InChI=1S/C30H24O2/c1-3-31-20-14-12-19(13-15-20)28-22-8-5-6-9-23(22)29-25-17-16-21(32-4-2)18-27(25)24-10-7-11-26(28)30(24)29/h5-18H,3-4H2,1-2H3. The molecule has 0 unspecified atom stereocenters. The summed E-state index contributed by atoms with van der Waals surface area (Å²) in [6, 6.07) is 30.5. The lowest BCUT2D eigenvalue weighted by atomic mass is 9.88. The summed E-state index contributed by atoms with van der Waals surface area (Å²) in [5.41, 5.74) is 7.65. The first-order valence-electron chi connectivity index (χ1n) is 11.3. The van der Waals surface area contributed by atoms with Gasteiger partial charge in [0, 0.05) is 0 Å². The summed E-state index contributed by atoms with van der Waals surface area (Å²) < 4.78 is 11.5. The van der Waals surface area contributed by atoms with Crippen molar-refractivity contribution in [2.75, 3.05) is 13.2 Å². The molecule has 6 rings (SSSR count). The van der Waals surface area contributed by atoms with Crippen molar-refractivity contribution in [2.24, 2.45) is 0 Å². The fourth-order valence-corrected chi connectivity index (χ4v) is 5.15. The summed E-state index contributed by atoms with van der Waals surface area (Å²) in [5, 5.41) is 5.19. The van der Waals surface area contributed by atoms with Crippen LogP contribution in [0, 0.1) is 0 Å². The van der Waals surface area contributed by atoms with Gasteiger partial charge in [-0.05, 0) is 93.0 Å². The summed E-state index contributed by atoms with van der Waals surface area (Å²) in [7, 11) is 0. The normalized spacial score (nSPS) is 11.7. The third-order valence-electron chi connectivity index (χ3n) is 6.37. The third-order valence-corrected chi connectivity index (χ3v) is 6.37. The van der Waals surface area contributed by atoms with Gasteiger partial charge in [-0.3, -0.25) is 0 Å². The molecule has 0 fully saturated rings. The molecule has 0 radical (unpaired) electrons. The van der Waals surface area contributed by atoms with Gasteiger partial charge in [0.2, 0.25) is 0 Å². The Hall–Kier alpha value is -3.78. The van der Waals surface area contributed by atoms with Gasteiger partial charge in [0.05, 0.1) is 13.2 Å². The summed E-state index contributed by atoms with van der Waals surface area (Å²) in [6.45, 7) is 5.38. The Morgan fingerprint density at radius 3 is 1.94 bits per heavy atom. The molecule has 0 spiro atoms. The van der Waals surface area contributed by atoms with Crippen LogP contribution in [0.2, 0.25) is 0 Å². The minimum atomic E-state index is 0.667. The van der Waals surface area contributed by atoms with E-state index >= 15 is 0 Å². The van der Waals surface area contributed by atoms with Crippen LogP contribution in [0.15, 0.2) is 84.9 Å². The second-order valence-electron chi connectivity index (χ2n) is 8.12. The zero-order valence-corrected chi connectivity index (χ0v) is 18.3. The highest BCUT2D eigenvalue weighted by Gasteiger charge is 2.26. The molecule has 0 bridgehead atoms. The molecule has 5 aromatic carbocycles. The van der Waals surface area contributed by atoms with Gasteiger partial charge in [0.25, 0.3) is 0 Å². The van der Waals surface area contributed by atoms with E-state index in [-0.39, 0.29) is 0 Å². The lowest BCUT2D eigenvalue weighted by molar-refractivity contribution is 0.340. The van der Waals surface area contributed by atoms with Gasteiger partial charge >= 0.3 is 0 Å². The molecule has 0 saturated heterocycles. The molecule has 1 aliphatic carbocycles. The van der Waals surface area contributed by atoms with Gasteiger partial charge in [-0.15, -0.1) is 0 Å². The van der Waals surface area contributed by atoms with Crippen LogP contribution in [0.1, 0.15) is 13.8 Å². The minimum Gasteiger partial charge on any atom is -0.494 e. The Bertz CT molecular complexity index is 1460. The van der Waals surface area contributed by atoms with E-state index in [1.165, 1.54) is 54.9 Å². The number of rotatable bonds is 5. The molecule has 0 aliphatic heterocycles. The zero-order valence-electron chi connectivity index (χ0n) is 18.3. The molecule has 0 amide bonds. The Labute approximate surface area is 188 Å². The van der Waals surface area contributed by atoms with Gasteiger partial charge in [-0.1, -0.05) is 60.7 Å². The van der Waals surface area contributed by atoms with Gasteiger partial charge < -0.3 is 9.47 Å². The Morgan fingerprint density at radius 1 is 0.531 bits per heavy atom. The first kappa shape index (κ1) is 18.9. The molecule has 0 atom stereocenters. The fourth-order valence-electron chi connectivity index (χ4n) is 5.15. The first-order chi connectivity index (χ1) is 15.8. The van der Waals surface area contributed by atoms with Crippen molar-refractivity contribution in [1.82, 2.24) is 0 Å². The van der Waals surface area contributed by atoms with E-state index in [1.54, 1.807) is 0 Å². The number of ether oxygens (including phenoxy) is 2. The highest BCUT2D eigenvalue weighted by Crippen LogP contribution is 2.54. The predicted molar refractivity (Wildman–Crippen MR) is 134 cm³/mol. The maximum Gasteiger partial charge on any atom is 0.119 e. The number of hydrogen-bond acceptors (Lipinski definition) is 2. The van der Waals surface area contributed by atoms with Crippen LogP contribution >= 0.6 is 0 Å². The quantitative estimate of drug-likeness (QED) is 0.264. The maximum atomic E-state index is 5.83. The van der Waals surface area contributed by atoms with Crippen LogP contribution in [0.4, 0.5) is 0 Å². The van der Waals surface area contributed by atoms with E-state index in [0.717, 1.165) is 11.5 Å². The molecule has 1 aliphatic rings. The molecule has 5 aromatic rings. The van der Waals surface area contributed by atoms with E-state index in [4.69, 9.17) is 9.47 Å². The predicted octanol–water partition coefficient (Wildman–Crippen LogP) is 8.10. The lowest BCUT2D eigenvalue weighted by Gasteiger charge is -2.15. The maximum absolute atomic E-state index is 5.83. The van der Waals surface area contributed by atoms with Crippen molar-refractivity contribution in [1.29, 1.82) is 0 Å². The third kappa shape index (κ3) is 2.73. The van der Waals surface area contributed by atoms with Crippen LogP contribution in [-0.4, -0.2) is 13.2 Å². The van der Waals surface area contributed by atoms with Crippen molar-refractivity contribution >= 4 is 21.5 Å². The lowest BCUT2D eigenvalue weighted by Crippen LogP contribution is -1.92. The monoisotopic (exact) mass is 416 g/mol. The van der Waals surface area contributed by atoms with E-state index in [0.29, 0.717) is 13.2 Å². The molecule has 2 nitrogen and oxygen atoms in total. The summed E-state index contributed by atoms with van der Waals surface area (Å²) in [5.74, 6) is 1.83. The molecule has 0 aromatic heterocycles. The largest absolute Gasteiger partial charge is 0.494 e. The highest BCUT2D eigenvalue weighted by atomic mass is 16.5. The average molecular weight is 417 g/mol. The Balaban J connectivity index is 1.70. The van der Waals surface area contributed by atoms with Crippen molar-refractivity contribution in [3.8, 4) is 44.9 Å².